The number of nitrogens with one attached hydrogen (secondary N) is 1. The lowest BCUT2D eigenvalue weighted by atomic mass is 10.1. The second-order valence-corrected chi connectivity index (χ2v) is 5.72. The molecular formula is C19H16F3NO5. The van der Waals surface area contributed by atoms with Crippen LogP contribution in [0.25, 0.3) is 0 Å². The molecule has 0 heterocycles. The van der Waals surface area contributed by atoms with Gasteiger partial charge in [0.1, 0.15) is 18.1 Å². The van der Waals surface area contributed by atoms with E-state index in [2.05, 4.69) is 5.32 Å². The molecule has 9 heteroatoms. The van der Waals surface area contributed by atoms with E-state index in [0.29, 0.717) is 6.07 Å². The number of alkyl halides is 3. The van der Waals surface area contributed by atoms with Crippen LogP contribution >= 0.6 is 0 Å². The van der Waals surface area contributed by atoms with Crippen molar-refractivity contribution in [2.24, 2.45) is 0 Å². The van der Waals surface area contributed by atoms with Crippen LogP contribution in [0.1, 0.15) is 18.1 Å². The lowest BCUT2D eigenvalue weighted by Crippen LogP contribution is -2.17. The second kappa shape index (κ2) is 8.47. The molecule has 0 radical (unpaired) electrons. The number of ether oxygens (including phenoxy) is 1. The minimum Gasteiger partial charge on any atom is -0.487 e. The second-order valence-electron chi connectivity index (χ2n) is 5.72. The molecule has 0 aliphatic heterocycles. The first-order valence-corrected chi connectivity index (χ1v) is 7.92. The van der Waals surface area contributed by atoms with E-state index in [0.717, 1.165) is 24.6 Å². The van der Waals surface area contributed by atoms with Crippen molar-refractivity contribution in [1.29, 1.82) is 0 Å². The first kappa shape index (κ1) is 20.8. The Kier molecular flexibility index (Phi) is 6.29. The summed E-state index contributed by atoms with van der Waals surface area (Å²) in [7, 11) is 0. The van der Waals surface area contributed by atoms with E-state index in [1.165, 1.54) is 0 Å². The summed E-state index contributed by atoms with van der Waals surface area (Å²) in [5.41, 5.74) is -1.96. The lowest BCUT2D eigenvalue weighted by Gasteiger charge is -2.17. The zero-order valence-electron chi connectivity index (χ0n) is 14.6. The summed E-state index contributed by atoms with van der Waals surface area (Å²) >= 11 is 0. The first-order valence-electron chi connectivity index (χ1n) is 7.92. The number of carboxylic acids is 2. The SMILES string of the molecule is CC(C(=O)O)=C(Nc1cc(C(F)(F)F)ccc1OCc1ccccc1)C(=O)O. The van der Waals surface area contributed by atoms with Crippen molar-refractivity contribution in [2.75, 3.05) is 5.32 Å². The summed E-state index contributed by atoms with van der Waals surface area (Å²) in [6.07, 6.45) is -4.68. The number of hydrogen-bond acceptors (Lipinski definition) is 4. The molecule has 2 aromatic rings. The van der Waals surface area contributed by atoms with Crippen LogP contribution in [0.5, 0.6) is 5.75 Å². The van der Waals surface area contributed by atoms with Crippen molar-refractivity contribution in [2.45, 2.75) is 19.7 Å². The largest absolute Gasteiger partial charge is 0.487 e. The highest BCUT2D eigenvalue weighted by Crippen LogP contribution is 2.36. The average Bonchev–Trinajstić information content (AvgIpc) is 2.64. The third-order valence-electron chi connectivity index (χ3n) is 3.71. The summed E-state index contributed by atoms with van der Waals surface area (Å²) in [6, 6.07) is 11.3. The van der Waals surface area contributed by atoms with Crippen molar-refractivity contribution >= 4 is 17.6 Å². The van der Waals surface area contributed by atoms with Crippen molar-refractivity contribution in [3.05, 3.63) is 70.9 Å². The Labute approximate surface area is 157 Å². The van der Waals surface area contributed by atoms with E-state index < -0.39 is 34.9 Å². The molecule has 0 spiro atoms. The van der Waals surface area contributed by atoms with Crippen LogP contribution < -0.4 is 10.1 Å². The Morgan fingerprint density at radius 2 is 1.68 bits per heavy atom. The summed E-state index contributed by atoms with van der Waals surface area (Å²) in [4.78, 5) is 22.5. The predicted molar refractivity (Wildman–Crippen MR) is 93.8 cm³/mol. The summed E-state index contributed by atoms with van der Waals surface area (Å²) in [5, 5.41) is 20.5. The fourth-order valence-electron chi connectivity index (χ4n) is 2.21. The molecule has 0 saturated carbocycles. The van der Waals surface area contributed by atoms with Gasteiger partial charge in [-0.25, -0.2) is 9.59 Å². The normalized spacial score (nSPS) is 12.1. The van der Waals surface area contributed by atoms with Gasteiger partial charge in [-0.3, -0.25) is 0 Å². The van der Waals surface area contributed by atoms with Gasteiger partial charge in [-0.15, -0.1) is 0 Å². The van der Waals surface area contributed by atoms with Crippen LogP contribution in [0.3, 0.4) is 0 Å². The average molecular weight is 395 g/mol. The molecule has 2 aromatic carbocycles. The molecule has 0 amide bonds. The van der Waals surface area contributed by atoms with E-state index in [1.54, 1.807) is 30.3 Å². The zero-order chi connectivity index (χ0) is 20.9. The van der Waals surface area contributed by atoms with Gasteiger partial charge in [0.2, 0.25) is 0 Å². The van der Waals surface area contributed by atoms with Gasteiger partial charge in [0.15, 0.2) is 0 Å². The molecule has 0 unspecified atom stereocenters. The lowest BCUT2D eigenvalue weighted by molar-refractivity contribution is -0.137. The number of halogens is 3. The van der Waals surface area contributed by atoms with E-state index in [-0.39, 0.29) is 18.0 Å². The number of hydrogen-bond donors (Lipinski definition) is 3. The first-order chi connectivity index (χ1) is 13.1. The molecule has 3 N–H and O–H groups in total. The Morgan fingerprint density at radius 1 is 1.04 bits per heavy atom. The van der Waals surface area contributed by atoms with Crippen LogP contribution in [-0.2, 0) is 22.4 Å². The van der Waals surface area contributed by atoms with E-state index >= 15 is 0 Å². The van der Waals surface area contributed by atoms with Crippen LogP contribution in [0.2, 0.25) is 0 Å². The molecule has 148 valence electrons. The standard InChI is InChI=1S/C19H16F3NO5/c1-11(17(24)25)16(18(26)27)23-14-9-13(19(20,21)22)7-8-15(14)28-10-12-5-3-2-4-6-12/h2-9,23H,10H2,1H3,(H,24,25)(H,26,27). The van der Waals surface area contributed by atoms with Crippen LogP contribution in [0.15, 0.2) is 59.8 Å². The smallest absolute Gasteiger partial charge is 0.416 e. The Morgan fingerprint density at radius 3 is 2.21 bits per heavy atom. The molecule has 28 heavy (non-hydrogen) atoms. The van der Waals surface area contributed by atoms with Crippen LogP contribution in [-0.4, -0.2) is 22.2 Å². The predicted octanol–water partition coefficient (Wildman–Crippen LogP) is 4.14. The van der Waals surface area contributed by atoms with Gasteiger partial charge in [-0.05, 0) is 30.7 Å². The van der Waals surface area contributed by atoms with Gasteiger partial charge in [-0.1, -0.05) is 30.3 Å². The summed E-state index contributed by atoms with van der Waals surface area (Å²) in [5.74, 6) is -3.22. The van der Waals surface area contributed by atoms with Crippen molar-refractivity contribution < 1.29 is 37.7 Å². The van der Waals surface area contributed by atoms with Crippen LogP contribution in [0, 0.1) is 0 Å². The van der Waals surface area contributed by atoms with Crippen molar-refractivity contribution in [3.8, 4) is 5.75 Å². The number of anilines is 1. The maximum Gasteiger partial charge on any atom is 0.416 e. The number of aliphatic carboxylic acids is 2. The number of benzene rings is 2. The fraction of sp³-hybridized carbons (Fsp3) is 0.158. The Balaban J connectivity index is 2.44. The number of carbonyl (C=O) groups is 2. The molecule has 2 rings (SSSR count). The topological polar surface area (TPSA) is 95.9 Å². The maximum atomic E-state index is 13.0. The van der Waals surface area contributed by atoms with Gasteiger partial charge in [0.25, 0.3) is 0 Å². The third kappa shape index (κ3) is 5.26. The number of carboxylic acid groups (broad SMARTS) is 2. The highest BCUT2D eigenvalue weighted by molar-refractivity contribution is 6.00. The van der Waals surface area contributed by atoms with E-state index in [1.807, 2.05) is 0 Å². The highest BCUT2D eigenvalue weighted by Gasteiger charge is 2.31. The van der Waals surface area contributed by atoms with Gasteiger partial charge >= 0.3 is 18.1 Å². The molecular weight excluding hydrogens is 379 g/mol. The molecule has 0 aliphatic rings. The quantitative estimate of drug-likeness (QED) is 0.610. The van der Waals surface area contributed by atoms with Gasteiger partial charge in [0.05, 0.1) is 16.8 Å². The molecule has 0 bridgehead atoms. The Bertz CT molecular complexity index is 908. The van der Waals surface area contributed by atoms with Gasteiger partial charge in [0, 0.05) is 0 Å². The van der Waals surface area contributed by atoms with Crippen LogP contribution in [0.4, 0.5) is 18.9 Å². The molecule has 6 nitrogen and oxygen atoms in total. The van der Waals surface area contributed by atoms with Crippen molar-refractivity contribution in [1.82, 2.24) is 0 Å². The van der Waals surface area contributed by atoms with E-state index in [9.17, 15) is 27.9 Å². The molecule has 0 aliphatic carbocycles. The number of rotatable bonds is 7. The monoisotopic (exact) mass is 395 g/mol. The summed E-state index contributed by atoms with van der Waals surface area (Å²) < 4.78 is 44.6. The molecule has 0 atom stereocenters. The molecule has 0 saturated heterocycles. The molecule has 0 fully saturated rings. The van der Waals surface area contributed by atoms with E-state index in [4.69, 9.17) is 9.84 Å². The Hall–Kier alpha value is -3.49. The van der Waals surface area contributed by atoms with Crippen molar-refractivity contribution in [3.63, 3.8) is 0 Å². The minimum absolute atomic E-state index is 0.0188. The summed E-state index contributed by atoms with van der Waals surface area (Å²) in [6.45, 7) is 1.04. The minimum atomic E-state index is -4.68. The highest BCUT2D eigenvalue weighted by atomic mass is 19.4. The molecule has 0 aromatic heterocycles. The fourth-order valence-corrected chi connectivity index (χ4v) is 2.21. The maximum absolute atomic E-state index is 13.0. The van der Waals surface area contributed by atoms with Gasteiger partial charge < -0.3 is 20.3 Å². The van der Waals surface area contributed by atoms with Gasteiger partial charge in [-0.2, -0.15) is 13.2 Å². The zero-order valence-corrected chi connectivity index (χ0v) is 14.6. The third-order valence-corrected chi connectivity index (χ3v) is 3.71.